The first kappa shape index (κ1) is 12.2. The number of benzene rings is 1. The Labute approximate surface area is 116 Å². The normalized spacial score (nSPS) is 19.2. The van der Waals surface area contributed by atoms with Gasteiger partial charge >= 0.3 is 0 Å². The number of rotatable bonds is 2. The molecule has 1 unspecified atom stereocenters. The van der Waals surface area contributed by atoms with Crippen molar-refractivity contribution in [2.45, 2.75) is 11.8 Å². The van der Waals surface area contributed by atoms with Gasteiger partial charge in [-0.3, -0.25) is 14.4 Å². The van der Waals surface area contributed by atoms with Gasteiger partial charge < -0.3 is 0 Å². The number of aromatic nitrogens is 2. The first-order valence-corrected chi connectivity index (χ1v) is 6.62. The van der Waals surface area contributed by atoms with Crippen molar-refractivity contribution in [2.24, 2.45) is 7.05 Å². The van der Waals surface area contributed by atoms with Gasteiger partial charge in [-0.2, -0.15) is 5.10 Å². The van der Waals surface area contributed by atoms with Gasteiger partial charge in [-0.25, -0.2) is 0 Å². The number of anilines is 1. The molecule has 1 aliphatic rings. The topological polar surface area (TPSA) is 38.1 Å². The molecule has 0 spiro atoms. The second kappa shape index (κ2) is 4.70. The minimum absolute atomic E-state index is 0.0580. The van der Waals surface area contributed by atoms with Gasteiger partial charge in [0.2, 0.25) is 5.91 Å². The van der Waals surface area contributed by atoms with Gasteiger partial charge in [-0.15, -0.1) is 11.6 Å². The average molecular weight is 276 g/mol. The molecule has 1 aromatic carbocycles. The van der Waals surface area contributed by atoms with Gasteiger partial charge in [0, 0.05) is 31.6 Å². The summed E-state index contributed by atoms with van der Waals surface area (Å²) in [5.41, 5.74) is 1.90. The Morgan fingerprint density at radius 3 is 2.68 bits per heavy atom. The molecule has 1 aromatic heterocycles. The lowest BCUT2D eigenvalue weighted by Crippen LogP contribution is -2.26. The number of alkyl halides is 1. The third-order valence-corrected chi connectivity index (χ3v) is 3.57. The lowest BCUT2D eigenvalue weighted by atomic mass is 10.1. The predicted molar refractivity (Wildman–Crippen MR) is 75.3 cm³/mol. The molecule has 1 amide bonds. The quantitative estimate of drug-likeness (QED) is 0.790. The average Bonchev–Trinajstić information content (AvgIpc) is 2.93. The summed E-state index contributed by atoms with van der Waals surface area (Å²) in [6, 6.07) is 11.8. The summed E-state index contributed by atoms with van der Waals surface area (Å²) in [7, 11) is 1.84. The smallest absolute Gasteiger partial charge is 0.229 e. The Bertz CT molecular complexity index is 608. The molecule has 0 saturated carbocycles. The van der Waals surface area contributed by atoms with Gasteiger partial charge in [-0.1, -0.05) is 30.3 Å². The lowest BCUT2D eigenvalue weighted by molar-refractivity contribution is -0.117. The number of amides is 1. The third kappa shape index (κ3) is 2.24. The van der Waals surface area contributed by atoms with E-state index in [0.717, 1.165) is 17.1 Å². The Morgan fingerprint density at radius 1 is 1.32 bits per heavy atom. The van der Waals surface area contributed by atoms with E-state index in [9.17, 15) is 4.79 Å². The Balaban J connectivity index is 1.96. The molecule has 1 saturated heterocycles. The van der Waals surface area contributed by atoms with Crippen molar-refractivity contribution in [3.8, 4) is 11.3 Å². The number of hydrogen-bond acceptors (Lipinski definition) is 2. The van der Waals surface area contributed by atoms with Gasteiger partial charge in [0.15, 0.2) is 0 Å². The molecule has 5 heteroatoms. The van der Waals surface area contributed by atoms with E-state index in [1.165, 1.54) is 0 Å². The van der Waals surface area contributed by atoms with Gasteiger partial charge in [0.25, 0.3) is 0 Å². The van der Waals surface area contributed by atoms with Crippen LogP contribution in [-0.4, -0.2) is 27.6 Å². The van der Waals surface area contributed by atoms with Gasteiger partial charge in [-0.05, 0) is 0 Å². The van der Waals surface area contributed by atoms with E-state index in [1.54, 1.807) is 9.58 Å². The van der Waals surface area contributed by atoms with E-state index in [2.05, 4.69) is 5.10 Å². The molecule has 0 radical (unpaired) electrons. The van der Waals surface area contributed by atoms with Crippen molar-refractivity contribution in [1.82, 2.24) is 9.78 Å². The molecule has 3 rings (SSSR count). The lowest BCUT2D eigenvalue weighted by Gasteiger charge is -2.14. The maximum absolute atomic E-state index is 11.9. The molecule has 19 heavy (non-hydrogen) atoms. The van der Waals surface area contributed by atoms with Crippen LogP contribution in [0.4, 0.5) is 5.82 Å². The molecule has 4 nitrogen and oxygen atoms in total. The summed E-state index contributed by atoms with van der Waals surface area (Å²) in [4.78, 5) is 13.6. The van der Waals surface area contributed by atoms with Crippen LogP contribution in [-0.2, 0) is 11.8 Å². The number of carbonyl (C=O) groups excluding carboxylic acids is 1. The van der Waals surface area contributed by atoms with Crippen molar-refractivity contribution in [3.63, 3.8) is 0 Å². The summed E-state index contributed by atoms with van der Waals surface area (Å²) in [5, 5.41) is 4.36. The highest BCUT2D eigenvalue weighted by molar-refractivity contribution is 6.24. The SMILES string of the molecule is Cn1nc(-c2ccccc2)cc1N1CC(Cl)CC1=O. The fraction of sp³-hybridized carbons (Fsp3) is 0.286. The minimum Gasteiger partial charge on any atom is -0.295 e. The summed E-state index contributed by atoms with van der Waals surface area (Å²) < 4.78 is 1.73. The van der Waals surface area contributed by atoms with Crippen molar-refractivity contribution in [1.29, 1.82) is 0 Å². The molecule has 1 atom stereocenters. The van der Waals surface area contributed by atoms with Crippen molar-refractivity contribution < 1.29 is 4.79 Å². The van der Waals surface area contributed by atoms with Crippen LogP contribution >= 0.6 is 11.6 Å². The number of nitrogens with zero attached hydrogens (tertiary/aromatic N) is 3. The van der Waals surface area contributed by atoms with Crippen molar-refractivity contribution in [2.75, 3.05) is 11.4 Å². The maximum Gasteiger partial charge on any atom is 0.229 e. The largest absolute Gasteiger partial charge is 0.295 e. The molecule has 2 aromatic rings. The zero-order chi connectivity index (χ0) is 13.4. The summed E-state index contributed by atoms with van der Waals surface area (Å²) >= 11 is 6.04. The van der Waals surface area contributed by atoms with Crippen LogP contribution in [0.5, 0.6) is 0 Å². The van der Waals surface area contributed by atoms with E-state index in [0.29, 0.717) is 13.0 Å². The van der Waals surface area contributed by atoms with Crippen molar-refractivity contribution >= 4 is 23.3 Å². The van der Waals surface area contributed by atoms with E-state index in [-0.39, 0.29) is 11.3 Å². The maximum atomic E-state index is 11.9. The second-order valence-electron chi connectivity index (χ2n) is 4.68. The molecule has 0 bridgehead atoms. The van der Waals surface area contributed by atoms with E-state index in [1.807, 2.05) is 43.4 Å². The van der Waals surface area contributed by atoms with Crippen LogP contribution in [0.1, 0.15) is 6.42 Å². The van der Waals surface area contributed by atoms with Crippen LogP contribution in [0.25, 0.3) is 11.3 Å². The molecule has 2 heterocycles. The van der Waals surface area contributed by atoms with E-state index >= 15 is 0 Å². The standard InChI is InChI=1S/C14H14ClN3O/c1-17-13(18-9-11(15)7-14(18)19)8-12(16-17)10-5-3-2-4-6-10/h2-6,8,11H,7,9H2,1H3. The zero-order valence-electron chi connectivity index (χ0n) is 10.6. The first-order valence-electron chi connectivity index (χ1n) is 6.19. The molecule has 0 aliphatic carbocycles. The number of hydrogen-bond donors (Lipinski definition) is 0. The van der Waals surface area contributed by atoms with Crippen LogP contribution in [0.2, 0.25) is 0 Å². The van der Waals surface area contributed by atoms with E-state index < -0.39 is 0 Å². The highest BCUT2D eigenvalue weighted by Crippen LogP contribution is 2.28. The molecular weight excluding hydrogens is 262 g/mol. The molecular formula is C14H14ClN3O. The minimum atomic E-state index is -0.109. The molecule has 98 valence electrons. The van der Waals surface area contributed by atoms with Gasteiger partial charge in [0.05, 0.1) is 11.1 Å². The fourth-order valence-corrected chi connectivity index (χ4v) is 2.62. The highest BCUT2D eigenvalue weighted by atomic mass is 35.5. The fourth-order valence-electron chi connectivity index (χ4n) is 2.35. The van der Waals surface area contributed by atoms with Crippen LogP contribution in [0.3, 0.4) is 0 Å². The molecule has 1 fully saturated rings. The van der Waals surface area contributed by atoms with Crippen molar-refractivity contribution in [3.05, 3.63) is 36.4 Å². The molecule has 1 aliphatic heterocycles. The van der Waals surface area contributed by atoms with Crippen LogP contribution in [0.15, 0.2) is 36.4 Å². The number of carbonyl (C=O) groups is 1. The Kier molecular flexibility index (Phi) is 3.03. The molecule has 0 N–H and O–H groups in total. The Hall–Kier alpha value is -1.81. The number of aryl methyl sites for hydroxylation is 1. The van der Waals surface area contributed by atoms with Crippen LogP contribution in [0, 0.1) is 0 Å². The Morgan fingerprint density at radius 2 is 2.05 bits per heavy atom. The van der Waals surface area contributed by atoms with Crippen LogP contribution < -0.4 is 4.90 Å². The number of halogens is 1. The summed E-state index contributed by atoms with van der Waals surface area (Å²) in [6.07, 6.45) is 0.396. The first-order chi connectivity index (χ1) is 9.15. The van der Waals surface area contributed by atoms with E-state index in [4.69, 9.17) is 11.6 Å². The highest BCUT2D eigenvalue weighted by Gasteiger charge is 2.31. The zero-order valence-corrected chi connectivity index (χ0v) is 11.3. The predicted octanol–water partition coefficient (Wildman–Crippen LogP) is 2.43. The second-order valence-corrected chi connectivity index (χ2v) is 5.30. The summed E-state index contributed by atoms with van der Waals surface area (Å²) in [5.74, 6) is 0.856. The van der Waals surface area contributed by atoms with Gasteiger partial charge in [0.1, 0.15) is 5.82 Å². The monoisotopic (exact) mass is 275 g/mol. The third-order valence-electron chi connectivity index (χ3n) is 3.28. The summed E-state index contributed by atoms with van der Waals surface area (Å²) in [6.45, 7) is 0.550.